The van der Waals surface area contributed by atoms with Crippen molar-refractivity contribution in [1.82, 2.24) is 30.7 Å². The molecule has 0 radical (unpaired) electrons. The fraction of sp³-hybridized carbons (Fsp3) is 0.893. The van der Waals surface area contributed by atoms with Crippen molar-refractivity contribution in [1.29, 1.82) is 5.41 Å². The molecule has 8 unspecified atom stereocenters. The molecule has 0 amide bonds. The Balaban J connectivity index is 1.22. The highest BCUT2D eigenvalue weighted by atomic mass is 19.4. The Morgan fingerprint density at radius 2 is 1.68 bits per heavy atom. The number of alkyl halides is 3. The van der Waals surface area contributed by atoms with Gasteiger partial charge in [-0.15, -0.1) is 0 Å². The second-order valence-corrected chi connectivity index (χ2v) is 12.9. The molecule has 5 rings (SSSR count). The van der Waals surface area contributed by atoms with Gasteiger partial charge in [0.1, 0.15) is 12.2 Å². The first-order valence-corrected chi connectivity index (χ1v) is 14.7. The number of guanidine groups is 1. The Morgan fingerprint density at radius 1 is 1.00 bits per heavy atom. The van der Waals surface area contributed by atoms with Gasteiger partial charge in [0, 0.05) is 26.2 Å². The first kappa shape index (κ1) is 28.2. The quantitative estimate of drug-likeness (QED) is 0.399. The minimum Gasteiger partial charge on any atom is -0.338 e. The molecule has 0 aromatic rings. The summed E-state index contributed by atoms with van der Waals surface area (Å²) in [4.78, 5) is 6.24. The molecule has 2 aliphatic carbocycles. The van der Waals surface area contributed by atoms with Crippen LogP contribution in [-0.2, 0) is 0 Å². The van der Waals surface area contributed by atoms with E-state index in [9.17, 15) is 13.2 Å². The van der Waals surface area contributed by atoms with Gasteiger partial charge in [0.15, 0.2) is 5.96 Å². The highest BCUT2D eigenvalue weighted by molar-refractivity contribution is 5.80. The molecule has 7 nitrogen and oxygen atoms in total. The largest absolute Gasteiger partial charge is 0.405 e. The minimum atomic E-state index is -4.20. The van der Waals surface area contributed by atoms with E-state index in [0.717, 1.165) is 32.2 Å². The summed E-state index contributed by atoms with van der Waals surface area (Å²) in [6.45, 7) is 9.59. The maximum absolute atomic E-state index is 13.3. The van der Waals surface area contributed by atoms with Crippen molar-refractivity contribution in [3.05, 3.63) is 12.2 Å². The third kappa shape index (κ3) is 5.34. The van der Waals surface area contributed by atoms with Crippen LogP contribution in [0.4, 0.5) is 13.2 Å². The standard InChI is InChI=1S/C28H48F3N7/c1-16(2)20-8-6-7-9-21(20)24-33-17(3)23-26(35-24)38(27(32)37(23)5)14-18-10-12-19(13-11-18)25-34-22(15-36(25)4)28(29,30)31/h17-26,32-35H,1,6-15H2,2-5H3. The summed E-state index contributed by atoms with van der Waals surface area (Å²) in [7, 11) is 3.84. The minimum absolute atomic E-state index is 0.0285. The van der Waals surface area contributed by atoms with Crippen molar-refractivity contribution in [2.45, 2.75) is 108 Å². The van der Waals surface area contributed by atoms with Crippen LogP contribution in [-0.4, -0.2) is 90.6 Å². The predicted octanol–water partition coefficient (Wildman–Crippen LogP) is 3.75. The van der Waals surface area contributed by atoms with Crippen LogP contribution in [0.5, 0.6) is 0 Å². The summed E-state index contributed by atoms with van der Waals surface area (Å²) in [5.74, 6) is 2.31. The maximum atomic E-state index is 13.3. The molecule has 38 heavy (non-hydrogen) atoms. The molecule has 0 bridgehead atoms. The summed E-state index contributed by atoms with van der Waals surface area (Å²) in [6.07, 6.45) is 4.68. The van der Waals surface area contributed by atoms with Gasteiger partial charge in [-0.05, 0) is 83.1 Å². The van der Waals surface area contributed by atoms with Gasteiger partial charge in [0.25, 0.3) is 0 Å². The normalized spacial score (nSPS) is 43.0. The highest BCUT2D eigenvalue weighted by Crippen LogP contribution is 2.40. The van der Waals surface area contributed by atoms with Crippen LogP contribution in [0.1, 0.15) is 65.2 Å². The van der Waals surface area contributed by atoms with E-state index in [1.807, 2.05) is 19.0 Å². The van der Waals surface area contributed by atoms with E-state index < -0.39 is 12.2 Å². The lowest BCUT2D eigenvalue weighted by atomic mass is 9.73. The van der Waals surface area contributed by atoms with Crippen LogP contribution in [0, 0.1) is 29.1 Å². The SMILES string of the molecule is C=C(C)C1CCCCC1C1NC(C)C2C(N1)N(CC1CCC(C3NC(C(F)(F)F)CN3C)CC1)C(=N)N2C. The van der Waals surface area contributed by atoms with Crippen LogP contribution in [0.3, 0.4) is 0 Å². The number of nitrogens with zero attached hydrogens (tertiary/aromatic N) is 3. The number of halogens is 3. The second-order valence-electron chi connectivity index (χ2n) is 12.9. The molecule has 10 heteroatoms. The molecule has 0 aromatic heterocycles. The monoisotopic (exact) mass is 539 g/mol. The first-order chi connectivity index (χ1) is 18.0. The van der Waals surface area contributed by atoms with Crippen LogP contribution in [0.25, 0.3) is 0 Å². The molecule has 3 heterocycles. The van der Waals surface area contributed by atoms with Gasteiger partial charge in [-0.2, -0.15) is 13.2 Å². The Bertz CT molecular complexity index is 873. The molecule has 5 aliphatic rings. The van der Waals surface area contributed by atoms with Gasteiger partial charge in [0.2, 0.25) is 0 Å². The van der Waals surface area contributed by atoms with Gasteiger partial charge in [-0.1, -0.05) is 25.0 Å². The molecule has 0 aromatic carbocycles. The number of likely N-dealkylation sites (N-methyl/N-ethyl adjacent to an activating group) is 2. The summed E-state index contributed by atoms with van der Waals surface area (Å²) < 4.78 is 39.8. The molecule has 5 fully saturated rings. The molecule has 8 atom stereocenters. The van der Waals surface area contributed by atoms with Crippen molar-refractivity contribution in [2.75, 3.05) is 27.2 Å². The number of rotatable bonds is 5. The molecule has 3 saturated heterocycles. The number of hydrogen-bond donors (Lipinski definition) is 4. The molecule has 4 N–H and O–H groups in total. The van der Waals surface area contributed by atoms with Gasteiger partial charge in [-0.3, -0.25) is 26.3 Å². The van der Waals surface area contributed by atoms with E-state index in [4.69, 9.17) is 5.41 Å². The van der Waals surface area contributed by atoms with E-state index in [1.165, 1.54) is 31.3 Å². The fourth-order valence-corrected chi connectivity index (χ4v) is 8.35. The van der Waals surface area contributed by atoms with E-state index in [2.05, 4.69) is 46.2 Å². The molecule has 2 saturated carbocycles. The van der Waals surface area contributed by atoms with Crippen molar-refractivity contribution in [3.63, 3.8) is 0 Å². The Hall–Kier alpha value is -1.36. The topological polar surface area (TPSA) is 69.7 Å². The molecule has 216 valence electrons. The van der Waals surface area contributed by atoms with Gasteiger partial charge >= 0.3 is 6.18 Å². The summed E-state index contributed by atoms with van der Waals surface area (Å²) in [5.41, 5.74) is 1.28. The van der Waals surface area contributed by atoms with E-state index >= 15 is 0 Å². The molecular formula is C28H48F3N7. The average molecular weight is 540 g/mol. The van der Waals surface area contributed by atoms with Crippen LogP contribution in [0.15, 0.2) is 12.2 Å². The molecule has 0 spiro atoms. The van der Waals surface area contributed by atoms with E-state index in [0.29, 0.717) is 23.7 Å². The lowest BCUT2D eigenvalue weighted by Gasteiger charge is -2.48. The van der Waals surface area contributed by atoms with Crippen molar-refractivity contribution < 1.29 is 13.2 Å². The lowest BCUT2D eigenvalue weighted by molar-refractivity contribution is -0.150. The summed E-state index contributed by atoms with van der Waals surface area (Å²) in [5, 5.41) is 19.6. The maximum Gasteiger partial charge on any atom is 0.405 e. The Morgan fingerprint density at radius 3 is 2.32 bits per heavy atom. The van der Waals surface area contributed by atoms with Gasteiger partial charge in [-0.25, -0.2) is 0 Å². The van der Waals surface area contributed by atoms with Crippen LogP contribution in [0.2, 0.25) is 0 Å². The number of nitrogens with one attached hydrogen (secondary N) is 4. The summed E-state index contributed by atoms with van der Waals surface area (Å²) in [6, 6.07) is -0.976. The zero-order valence-electron chi connectivity index (χ0n) is 23.5. The fourth-order valence-electron chi connectivity index (χ4n) is 8.35. The Labute approximate surface area is 226 Å². The van der Waals surface area contributed by atoms with Crippen LogP contribution >= 0.6 is 0 Å². The zero-order valence-corrected chi connectivity index (χ0v) is 23.5. The summed E-state index contributed by atoms with van der Waals surface area (Å²) >= 11 is 0. The third-order valence-corrected chi connectivity index (χ3v) is 10.4. The number of hydrogen-bond acceptors (Lipinski definition) is 5. The third-order valence-electron chi connectivity index (χ3n) is 10.4. The van der Waals surface area contributed by atoms with Crippen LogP contribution < -0.4 is 16.0 Å². The predicted molar refractivity (Wildman–Crippen MR) is 144 cm³/mol. The number of allylic oxidation sites excluding steroid dienone is 1. The van der Waals surface area contributed by atoms with Gasteiger partial charge < -0.3 is 9.80 Å². The molecular weight excluding hydrogens is 491 g/mol. The Kier molecular flexibility index (Phi) is 8.08. The van der Waals surface area contributed by atoms with Crippen molar-refractivity contribution in [3.8, 4) is 0 Å². The second kappa shape index (κ2) is 10.9. The average Bonchev–Trinajstić information content (AvgIpc) is 3.38. The highest BCUT2D eigenvalue weighted by Gasteiger charge is 2.51. The first-order valence-electron chi connectivity index (χ1n) is 14.7. The van der Waals surface area contributed by atoms with Crippen molar-refractivity contribution in [2.24, 2.45) is 23.7 Å². The zero-order chi connectivity index (χ0) is 27.4. The smallest absolute Gasteiger partial charge is 0.338 e. The van der Waals surface area contributed by atoms with Crippen molar-refractivity contribution >= 4 is 5.96 Å². The number of fused-ring (bicyclic) bond motifs is 1. The van der Waals surface area contributed by atoms with E-state index in [-0.39, 0.29) is 43.0 Å². The van der Waals surface area contributed by atoms with Gasteiger partial charge in [0.05, 0.1) is 18.4 Å². The lowest BCUT2D eigenvalue weighted by Crippen LogP contribution is -2.70. The van der Waals surface area contributed by atoms with E-state index in [1.54, 1.807) is 0 Å². The molecule has 3 aliphatic heterocycles.